The van der Waals surface area contributed by atoms with Gasteiger partial charge in [0, 0.05) is 23.2 Å². The van der Waals surface area contributed by atoms with Crippen LogP contribution < -0.4 is 5.73 Å². The summed E-state index contributed by atoms with van der Waals surface area (Å²) in [6.07, 6.45) is 4.71. The standard InChI is InChI=1S/C20H17ClN2O/c21-18-9-6-13(11-19(18)23)10-15-12-16(22)7-8-17(15)20(24)14-4-2-1-3-5-14/h1-9,12,23H,10-11,22H2. The molecular weight excluding hydrogens is 320 g/mol. The Bertz CT molecular complexity index is 866. The van der Waals surface area contributed by atoms with E-state index in [-0.39, 0.29) is 5.78 Å². The molecule has 0 bridgehead atoms. The number of carbonyl (C=O) groups is 1. The molecule has 24 heavy (non-hydrogen) atoms. The molecule has 1 aliphatic carbocycles. The average Bonchev–Trinajstić information content (AvgIpc) is 2.59. The molecule has 0 spiro atoms. The average molecular weight is 337 g/mol. The van der Waals surface area contributed by atoms with Crippen LogP contribution in [0.1, 0.15) is 27.9 Å². The maximum absolute atomic E-state index is 12.8. The lowest BCUT2D eigenvalue weighted by Crippen LogP contribution is -2.10. The second-order valence-corrected chi connectivity index (χ2v) is 6.19. The Balaban J connectivity index is 1.95. The molecular formula is C20H17ClN2O. The molecule has 0 radical (unpaired) electrons. The molecule has 0 aromatic heterocycles. The van der Waals surface area contributed by atoms with Gasteiger partial charge in [-0.2, -0.15) is 0 Å². The summed E-state index contributed by atoms with van der Waals surface area (Å²) in [6.45, 7) is 0. The van der Waals surface area contributed by atoms with Crippen LogP contribution in [-0.4, -0.2) is 11.5 Å². The quantitative estimate of drug-likeness (QED) is 0.637. The van der Waals surface area contributed by atoms with Gasteiger partial charge in [-0.25, -0.2) is 0 Å². The van der Waals surface area contributed by atoms with Gasteiger partial charge < -0.3 is 11.1 Å². The fourth-order valence-corrected chi connectivity index (χ4v) is 2.88. The predicted molar refractivity (Wildman–Crippen MR) is 98.8 cm³/mol. The zero-order chi connectivity index (χ0) is 17.1. The van der Waals surface area contributed by atoms with Crippen molar-refractivity contribution in [3.05, 3.63) is 88.0 Å². The molecule has 4 heteroatoms. The molecule has 3 nitrogen and oxygen atoms in total. The van der Waals surface area contributed by atoms with E-state index in [4.69, 9.17) is 22.7 Å². The number of carbonyl (C=O) groups excluding carboxylic acids is 1. The van der Waals surface area contributed by atoms with Crippen molar-refractivity contribution in [2.75, 3.05) is 5.73 Å². The number of allylic oxidation sites excluding steroid dienone is 4. The number of rotatable bonds is 4. The number of hydrogen-bond acceptors (Lipinski definition) is 3. The smallest absolute Gasteiger partial charge is 0.193 e. The Morgan fingerprint density at radius 3 is 2.58 bits per heavy atom. The largest absolute Gasteiger partial charge is 0.399 e. The Morgan fingerprint density at radius 1 is 1.12 bits per heavy atom. The summed E-state index contributed by atoms with van der Waals surface area (Å²) >= 11 is 5.94. The lowest BCUT2D eigenvalue weighted by molar-refractivity contribution is 0.103. The Hall–Kier alpha value is -2.65. The summed E-state index contributed by atoms with van der Waals surface area (Å²) in [4.78, 5) is 12.8. The first-order valence-corrected chi connectivity index (χ1v) is 8.03. The van der Waals surface area contributed by atoms with Gasteiger partial charge in [-0.05, 0) is 36.3 Å². The van der Waals surface area contributed by atoms with Crippen molar-refractivity contribution < 1.29 is 4.79 Å². The lowest BCUT2D eigenvalue weighted by atomic mass is 9.90. The highest BCUT2D eigenvalue weighted by molar-refractivity contribution is 6.43. The van der Waals surface area contributed by atoms with Crippen LogP contribution in [0.15, 0.2) is 71.3 Å². The molecule has 0 heterocycles. The normalized spacial score (nSPS) is 14.1. The van der Waals surface area contributed by atoms with Crippen molar-refractivity contribution in [3.8, 4) is 0 Å². The Labute approximate surface area is 146 Å². The van der Waals surface area contributed by atoms with E-state index >= 15 is 0 Å². The van der Waals surface area contributed by atoms with Crippen LogP contribution in [-0.2, 0) is 6.42 Å². The van der Waals surface area contributed by atoms with Gasteiger partial charge in [-0.3, -0.25) is 4.79 Å². The van der Waals surface area contributed by atoms with Crippen LogP contribution in [0.2, 0.25) is 0 Å². The first kappa shape index (κ1) is 16.2. The maximum Gasteiger partial charge on any atom is 0.193 e. The van der Waals surface area contributed by atoms with Crippen molar-refractivity contribution in [2.24, 2.45) is 0 Å². The predicted octanol–water partition coefficient (Wildman–Crippen LogP) is 4.51. The second kappa shape index (κ2) is 6.85. The summed E-state index contributed by atoms with van der Waals surface area (Å²) in [5.41, 5.74) is 10.1. The number of ketones is 1. The number of nitrogen functional groups attached to an aromatic ring is 1. The highest BCUT2D eigenvalue weighted by Crippen LogP contribution is 2.25. The van der Waals surface area contributed by atoms with Gasteiger partial charge in [-0.1, -0.05) is 53.6 Å². The first-order valence-electron chi connectivity index (χ1n) is 7.66. The summed E-state index contributed by atoms with van der Waals surface area (Å²) in [5.74, 6) is -0.0225. The van der Waals surface area contributed by atoms with E-state index in [0.29, 0.717) is 40.4 Å². The van der Waals surface area contributed by atoms with Gasteiger partial charge >= 0.3 is 0 Å². The van der Waals surface area contributed by atoms with Gasteiger partial charge in [0.05, 0.1) is 10.7 Å². The van der Waals surface area contributed by atoms with Crippen molar-refractivity contribution in [2.45, 2.75) is 12.8 Å². The molecule has 120 valence electrons. The molecule has 0 aliphatic heterocycles. The fourth-order valence-electron chi connectivity index (χ4n) is 2.75. The SMILES string of the molecule is N=C1CC(Cc2cc(N)ccc2C(=O)c2ccccc2)=CC=C1Cl. The van der Waals surface area contributed by atoms with E-state index in [0.717, 1.165) is 11.1 Å². The summed E-state index contributed by atoms with van der Waals surface area (Å²) in [5, 5.41) is 8.34. The van der Waals surface area contributed by atoms with E-state index in [9.17, 15) is 4.79 Å². The minimum Gasteiger partial charge on any atom is -0.399 e. The van der Waals surface area contributed by atoms with Crippen LogP contribution in [0.4, 0.5) is 5.69 Å². The van der Waals surface area contributed by atoms with Gasteiger partial charge in [0.15, 0.2) is 5.78 Å². The van der Waals surface area contributed by atoms with Crippen LogP contribution in [0.5, 0.6) is 0 Å². The number of hydrogen-bond donors (Lipinski definition) is 2. The number of nitrogens with one attached hydrogen (secondary N) is 1. The van der Waals surface area contributed by atoms with Gasteiger partial charge in [0.25, 0.3) is 0 Å². The summed E-state index contributed by atoms with van der Waals surface area (Å²) in [7, 11) is 0. The molecule has 0 fully saturated rings. The first-order chi connectivity index (χ1) is 11.5. The number of benzene rings is 2. The molecule has 0 saturated heterocycles. The van der Waals surface area contributed by atoms with Crippen LogP contribution >= 0.6 is 11.6 Å². The zero-order valence-electron chi connectivity index (χ0n) is 13.1. The fraction of sp³-hybridized carbons (Fsp3) is 0.100. The van der Waals surface area contributed by atoms with E-state index in [2.05, 4.69) is 0 Å². The van der Waals surface area contributed by atoms with Crippen molar-refractivity contribution in [1.29, 1.82) is 5.41 Å². The maximum atomic E-state index is 12.8. The van der Waals surface area contributed by atoms with Crippen molar-refractivity contribution in [1.82, 2.24) is 0 Å². The molecule has 0 saturated carbocycles. The highest BCUT2D eigenvalue weighted by Gasteiger charge is 2.17. The van der Waals surface area contributed by atoms with E-state index in [1.807, 2.05) is 30.3 Å². The summed E-state index contributed by atoms with van der Waals surface area (Å²) < 4.78 is 0. The lowest BCUT2D eigenvalue weighted by Gasteiger charge is -2.15. The molecule has 2 aromatic carbocycles. The molecule has 3 rings (SSSR count). The third-order valence-corrected chi connectivity index (χ3v) is 4.34. The molecule has 2 aromatic rings. The third-order valence-electron chi connectivity index (χ3n) is 3.98. The van der Waals surface area contributed by atoms with Gasteiger partial charge in [0.2, 0.25) is 0 Å². The molecule has 3 N–H and O–H groups in total. The molecule has 1 aliphatic rings. The summed E-state index contributed by atoms with van der Waals surface area (Å²) in [6, 6.07) is 14.5. The number of halogens is 1. The molecule has 0 unspecified atom stereocenters. The van der Waals surface area contributed by atoms with E-state index in [1.54, 1.807) is 30.3 Å². The third kappa shape index (κ3) is 3.47. The molecule has 0 atom stereocenters. The Morgan fingerprint density at radius 2 is 1.88 bits per heavy atom. The number of anilines is 1. The van der Waals surface area contributed by atoms with Crippen LogP contribution in [0.25, 0.3) is 0 Å². The van der Waals surface area contributed by atoms with Crippen molar-refractivity contribution >= 4 is 28.8 Å². The minimum atomic E-state index is -0.0225. The van der Waals surface area contributed by atoms with E-state index in [1.165, 1.54) is 0 Å². The topological polar surface area (TPSA) is 66.9 Å². The highest BCUT2D eigenvalue weighted by atomic mass is 35.5. The van der Waals surface area contributed by atoms with Gasteiger partial charge in [-0.15, -0.1) is 0 Å². The molecule has 0 amide bonds. The van der Waals surface area contributed by atoms with Crippen molar-refractivity contribution in [3.63, 3.8) is 0 Å². The number of nitrogens with two attached hydrogens (primary N) is 1. The van der Waals surface area contributed by atoms with Gasteiger partial charge in [0.1, 0.15) is 0 Å². The Kier molecular flexibility index (Phi) is 4.63. The van der Waals surface area contributed by atoms with Crippen LogP contribution in [0, 0.1) is 5.41 Å². The monoisotopic (exact) mass is 336 g/mol. The van der Waals surface area contributed by atoms with E-state index < -0.39 is 0 Å². The minimum absolute atomic E-state index is 0.0225. The van der Waals surface area contributed by atoms with Crippen LogP contribution in [0.3, 0.4) is 0 Å². The zero-order valence-corrected chi connectivity index (χ0v) is 13.8. The second-order valence-electron chi connectivity index (χ2n) is 5.78.